The zero-order chi connectivity index (χ0) is 15.8. The van der Waals surface area contributed by atoms with Crippen LogP contribution < -0.4 is 21.7 Å². The molecule has 0 saturated heterocycles. The summed E-state index contributed by atoms with van der Waals surface area (Å²) in [6, 6.07) is 4.98. The summed E-state index contributed by atoms with van der Waals surface area (Å²) >= 11 is 0. The molecule has 21 heavy (non-hydrogen) atoms. The highest BCUT2D eigenvalue weighted by Crippen LogP contribution is 2.19. The van der Waals surface area contributed by atoms with Crippen molar-refractivity contribution in [1.29, 1.82) is 0 Å². The van der Waals surface area contributed by atoms with Crippen molar-refractivity contribution in [3.8, 4) is 0 Å². The number of carbonyl (C=O) groups excluding carboxylic acids is 2. The Hall–Kier alpha value is -2.24. The molecule has 2 amide bonds. The van der Waals surface area contributed by atoms with E-state index in [1.165, 1.54) is 0 Å². The standard InChI is InChI=1S/C15H24N4O2/c1-4-17-15(21)11-5-6-13(12(16)7-11)18-9-14(20)19-8-10(2)3/h5-7,10,18H,4,8-9,16H2,1-3H3,(H,17,21)(H,19,20). The molecule has 0 fully saturated rings. The van der Waals surface area contributed by atoms with E-state index in [-0.39, 0.29) is 18.4 Å². The summed E-state index contributed by atoms with van der Waals surface area (Å²) in [7, 11) is 0. The second kappa shape index (κ2) is 8.14. The maximum absolute atomic E-state index is 11.7. The van der Waals surface area contributed by atoms with Crippen molar-refractivity contribution in [3.05, 3.63) is 23.8 Å². The monoisotopic (exact) mass is 292 g/mol. The van der Waals surface area contributed by atoms with Gasteiger partial charge in [0, 0.05) is 18.7 Å². The summed E-state index contributed by atoms with van der Waals surface area (Å²) in [5.41, 5.74) is 7.48. The van der Waals surface area contributed by atoms with Crippen LogP contribution in [0.5, 0.6) is 0 Å². The lowest BCUT2D eigenvalue weighted by molar-refractivity contribution is -0.119. The molecule has 1 aromatic rings. The lowest BCUT2D eigenvalue weighted by Crippen LogP contribution is -2.32. The molecule has 0 aromatic heterocycles. The normalized spacial score (nSPS) is 10.3. The molecular weight excluding hydrogens is 268 g/mol. The molecule has 0 bridgehead atoms. The van der Waals surface area contributed by atoms with E-state index in [1.807, 2.05) is 20.8 Å². The molecule has 0 spiro atoms. The van der Waals surface area contributed by atoms with Gasteiger partial charge in [-0.05, 0) is 31.0 Å². The largest absolute Gasteiger partial charge is 0.397 e. The Balaban J connectivity index is 2.57. The summed E-state index contributed by atoms with van der Waals surface area (Å²) in [5.74, 6) is 0.164. The van der Waals surface area contributed by atoms with Crippen LogP contribution in [-0.2, 0) is 4.79 Å². The summed E-state index contributed by atoms with van der Waals surface area (Å²) < 4.78 is 0. The zero-order valence-corrected chi connectivity index (χ0v) is 12.8. The third kappa shape index (κ3) is 5.72. The first-order valence-corrected chi connectivity index (χ1v) is 7.12. The highest BCUT2D eigenvalue weighted by molar-refractivity contribution is 5.96. The SMILES string of the molecule is CCNC(=O)c1ccc(NCC(=O)NCC(C)C)c(N)c1. The first-order chi connectivity index (χ1) is 9.93. The highest BCUT2D eigenvalue weighted by Gasteiger charge is 2.08. The number of rotatable bonds is 7. The van der Waals surface area contributed by atoms with Crippen molar-refractivity contribution >= 4 is 23.2 Å². The number of anilines is 2. The van der Waals surface area contributed by atoms with E-state index in [1.54, 1.807) is 18.2 Å². The van der Waals surface area contributed by atoms with E-state index in [9.17, 15) is 9.59 Å². The van der Waals surface area contributed by atoms with Gasteiger partial charge in [-0.25, -0.2) is 0 Å². The third-order valence-electron chi connectivity index (χ3n) is 2.80. The third-order valence-corrected chi connectivity index (χ3v) is 2.80. The number of hydrogen-bond donors (Lipinski definition) is 4. The van der Waals surface area contributed by atoms with E-state index in [4.69, 9.17) is 5.73 Å². The second-order valence-electron chi connectivity index (χ2n) is 5.21. The van der Waals surface area contributed by atoms with Gasteiger partial charge in [0.1, 0.15) is 0 Å². The number of nitrogens with two attached hydrogens (primary N) is 1. The number of carbonyl (C=O) groups is 2. The summed E-state index contributed by atoms with van der Waals surface area (Å²) in [5, 5.41) is 8.48. The molecule has 1 rings (SSSR count). The number of amides is 2. The molecule has 6 nitrogen and oxygen atoms in total. The summed E-state index contributed by atoms with van der Waals surface area (Å²) in [6.07, 6.45) is 0. The predicted octanol–water partition coefficient (Wildman–Crippen LogP) is 1.20. The van der Waals surface area contributed by atoms with E-state index >= 15 is 0 Å². The average Bonchev–Trinajstić information content (AvgIpc) is 2.44. The number of benzene rings is 1. The smallest absolute Gasteiger partial charge is 0.251 e. The van der Waals surface area contributed by atoms with Crippen LogP contribution in [0.1, 0.15) is 31.1 Å². The van der Waals surface area contributed by atoms with Crippen LogP contribution in [0.4, 0.5) is 11.4 Å². The predicted molar refractivity (Wildman–Crippen MR) is 85.2 cm³/mol. The Kier molecular flexibility index (Phi) is 6.52. The van der Waals surface area contributed by atoms with Gasteiger partial charge in [0.25, 0.3) is 5.91 Å². The summed E-state index contributed by atoms with van der Waals surface area (Å²) in [4.78, 5) is 23.3. The van der Waals surface area contributed by atoms with Crippen molar-refractivity contribution in [2.24, 2.45) is 5.92 Å². The average molecular weight is 292 g/mol. The molecule has 0 aliphatic rings. The van der Waals surface area contributed by atoms with E-state index in [0.717, 1.165) is 0 Å². The van der Waals surface area contributed by atoms with E-state index in [0.29, 0.717) is 35.9 Å². The number of nitrogen functional groups attached to an aromatic ring is 1. The zero-order valence-electron chi connectivity index (χ0n) is 12.8. The molecule has 0 aliphatic heterocycles. The van der Waals surface area contributed by atoms with Gasteiger partial charge in [0.15, 0.2) is 0 Å². The maximum atomic E-state index is 11.7. The van der Waals surface area contributed by atoms with E-state index in [2.05, 4.69) is 16.0 Å². The molecule has 0 heterocycles. The quantitative estimate of drug-likeness (QED) is 0.568. The van der Waals surface area contributed by atoms with Crippen molar-refractivity contribution in [3.63, 3.8) is 0 Å². The van der Waals surface area contributed by atoms with Gasteiger partial charge in [-0.15, -0.1) is 0 Å². The molecule has 0 saturated carbocycles. The van der Waals surface area contributed by atoms with Crippen LogP contribution in [0.2, 0.25) is 0 Å². The molecule has 0 radical (unpaired) electrons. The van der Waals surface area contributed by atoms with Crippen LogP contribution in [0.15, 0.2) is 18.2 Å². The molecule has 0 aliphatic carbocycles. The molecule has 116 valence electrons. The number of hydrogen-bond acceptors (Lipinski definition) is 4. The van der Waals surface area contributed by atoms with E-state index < -0.39 is 0 Å². The Labute approximate surface area is 125 Å². The van der Waals surface area contributed by atoms with Crippen molar-refractivity contribution in [2.45, 2.75) is 20.8 Å². The van der Waals surface area contributed by atoms with Crippen LogP contribution in [0.3, 0.4) is 0 Å². The van der Waals surface area contributed by atoms with Gasteiger partial charge < -0.3 is 21.7 Å². The topological polar surface area (TPSA) is 96.2 Å². The van der Waals surface area contributed by atoms with Crippen molar-refractivity contribution < 1.29 is 9.59 Å². The second-order valence-corrected chi connectivity index (χ2v) is 5.21. The number of nitrogens with one attached hydrogen (secondary N) is 3. The van der Waals surface area contributed by atoms with Crippen LogP contribution in [0, 0.1) is 5.92 Å². The fourth-order valence-electron chi connectivity index (χ4n) is 1.68. The Bertz CT molecular complexity index is 500. The van der Waals surface area contributed by atoms with Gasteiger partial charge >= 0.3 is 0 Å². The highest BCUT2D eigenvalue weighted by atomic mass is 16.2. The van der Waals surface area contributed by atoms with Crippen molar-refractivity contribution in [1.82, 2.24) is 10.6 Å². The van der Waals surface area contributed by atoms with Gasteiger partial charge in [-0.1, -0.05) is 13.8 Å². The lowest BCUT2D eigenvalue weighted by Gasteiger charge is -2.12. The molecule has 0 unspecified atom stereocenters. The molecule has 6 heteroatoms. The van der Waals surface area contributed by atoms with Gasteiger partial charge in [-0.3, -0.25) is 9.59 Å². The Morgan fingerprint density at radius 3 is 2.52 bits per heavy atom. The maximum Gasteiger partial charge on any atom is 0.251 e. The molecular formula is C15H24N4O2. The van der Waals surface area contributed by atoms with Crippen LogP contribution in [0.25, 0.3) is 0 Å². The molecule has 0 atom stereocenters. The first kappa shape index (κ1) is 16.8. The van der Waals surface area contributed by atoms with Gasteiger partial charge in [0.05, 0.1) is 17.9 Å². The molecule has 5 N–H and O–H groups in total. The minimum atomic E-state index is -0.162. The molecule has 1 aromatic carbocycles. The fourth-order valence-corrected chi connectivity index (χ4v) is 1.68. The Morgan fingerprint density at radius 2 is 1.95 bits per heavy atom. The van der Waals surface area contributed by atoms with Crippen LogP contribution >= 0.6 is 0 Å². The van der Waals surface area contributed by atoms with Gasteiger partial charge in [-0.2, -0.15) is 0 Å². The van der Waals surface area contributed by atoms with Gasteiger partial charge in [0.2, 0.25) is 5.91 Å². The minimum absolute atomic E-state index is 0.0871. The summed E-state index contributed by atoms with van der Waals surface area (Å²) in [6.45, 7) is 7.28. The van der Waals surface area contributed by atoms with Crippen LogP contribution in [-0.4, -0.2) is 31.4 Å². The Morgan fingerprint density at radius 1 is 1.24 bits per heavy atom. The minimum Gasteiger partial charge on any atom is -0.397 e. The fraction of sp³-hybridized carbons (Fsp3) is 0.467. The first-order valence-electron chi connectivity index (χ1n) is 7.12. The lowest BCUT2D eigenvalue weighted by atomic mass is 10.1. The van der Waals surface area contributed by atoms with Crippen molar-refractivity contribution in [2.75, 3.05) is 30.7 Å².